The lowest BCUT2D eigenvalue weighted by molar-refractivity contribution is -0.197. The summed E-state index contributed by atoms with van der Waals surface area (Å²) in [4.78, 5) is 0. The first-order valence-electron chi connectivity index (χ1n) is 14.0. The Hall–Kier alpha value is -1.23. The normalized spacial score (nSPS) is 35.4. The van der Waals surface area contributed by atoms with Crippen molar-refractivity contribution in [3.05, 3.63) is 23.6 Å². The van der Waals surface area contributed by atoms with Crippen LogP contribution in [-0.2, 0) is 18.9 Å². The van der Waals surface area contributed by atoms with Crippen LogP contribution < -0.4 is 0 Å². The van der Waals surface area contributed by atoms with Gasteiger partial charge in [-0.3, -0.25) is 0 Å². The highest BCUT2D eigenvalue weighted by Gasteiger charge is 2.48. The smallest absolute Gasteiger partial charge is 0.158 e. The Kier molecular flexibility index (Phi) is 10.1. The van der Waals surface area contributed by atoms with E-state index in [-0.39, 0.29) is 41.9 Å². The van der Waals surface area contributed by atoms with Gasteiger partial charge in [-0.2, -0.15) is 0 Å². The summed E-state index contributed by atoms with van der Waals surface area (Å²) in [6.07, 6.45) is 13.3. The van der Waals surface area contributed by atoms with E-state index in [0.717, 1.165) is 70.2 Å². The molecule has 0 amide bonds. The largest absolute Gasteiger partial charge is 0.389 e. The molecule has 5 nitrogen and oxygen atoms in total. The molecule has 202 valence electrons. The molecule has 0 spiro atoms. The summed E-state index contributed by atoms with van der Waals surface area (Å²) < 4.78 is 39.2. The van der Waals surface area contributed by atoms with Crippen LogP contribution in [0.25, 0.3) is 0 Å². The van der Waals surface area contributed by atoms with E-state index in [1.165, 1.54) is 0 Å². The Labute approximate surface area is 216 Å². The van der Waals surface area contributed by atoms with E-state index < -0.39 is 6.61 Å². The van der Waals surface area contributed by atoms with Crippen LogP contribution in [0.2, 0.25) is 0 Å². The van der Waals surface area contributed by atoms with E-state index in [9.17, 15) is 9.50 Å². The molecule has 2 unspecified atom stereocenters. The maximum absolute atomic E-state index is 14.3. The second kappa shape index (κ2) is 13.0. The van der Waals surface area contributed by atoms with Crippen molar-refractivity contribution < 1.29 is 28.4 Å². The topological polar surface area (TPSA) is 57.2 Å². The summed E-state index contributed by atoms with van der Waals surface area (Å²) in [6, 6.07) is 0. The van der Waals surface area contributed by atoms with Crippen LogP contribution in [0.4, 0.5) is 4.39 Å². The Balaban J connectivity index is 1.55. The fourth-order valence-electron chi connectivity index (χ4n) is 6.32. The molecule has 4 rings (SSSR count). The Morgan fingerprint density at radius 2 is 1.86 bits per heavy atom. The summed E-state index contributed by atoms with van der Waals surface area (Å²) in [6.45, 7) is 7.26. The van der Waals surface area contributed by atoms with Crippen molar-refractivity contribution in [1.29, 1.82) is 0 Å². The Bertz CT molecular complexity index is 828. The lowest BCUT2D eigenvalue weighted by Gasteiger charge is -2.35. The third-order valence-electron chi connectivity index (χ3n) is 8.48. The molecule has 6 heteroatoms. The van der Waals surface area contributed by atoms with Gasteiger partial charge in [-0.25, -0.2) is 4.39 Å². The minimum Gasteiger partial charge on any atom is -0.389 e. The van der Waals surface area contributed by atoms with Gasteiger partial charge < -0.3 is 24.1 Å². The molecule has 0 radical (unpaired) electrons. The maximum Gasteiger partial charge on any atom is 0.158 e. The second-order valence-electron chi connectivity index (χ2n) is 11.6. The second-order valence-corrected chi connectivity index (χ2v) is 11.6. The standard InChI is InChI=1S/C30H45FO5/c1-4-5-14-30(2,3)27(36-29-11-7-9-16-34-29)13-12-23-24-18-22(25(31)20-32)17-21(24)19-26(23)35-28-10-6-8-15-33-28/h12-13,21,23-24,26-29,32H,6-11,14-20H2,1-3H3/b13-12-,25-22?/t21-,23+,24-,26+,27+,28?,29?/m0/s1. The van der Waals surface area contributed by atoms with E-state index >= 15 is 0 Å². The molecular formula is C30H45FO5. The van der Waals surface area contributed by atoms with Gasteiger partial charge in [0.1, 0.15) is 5.83 Å². The number of ether oxygens (including phenoxy) is 4. The first-order valence-corrected chi connectivity index (χ1v) is 14.0. The molecule has 2 saturated heterocycles. The van der Waals surface area contributed by atoms with Crippen molar-refractivity contribution in [2.75, 3.05) is 19.8 Å². The monoisotopic (exact) mass is 504 g/mol. The predicted octanol–water partition coefficient (Wildman–Crippen LogP) is 6.07. The zero-order chi connectivity index (χ0) is 25.5. The minimum atomic E-state index is -0.505. The van der Waals surface area contributed by atoms with Gasteiger partial charge >= 0.3 is 0 Å². The fourth-order valence-corrected chi connectivity index (χ4v) is 6.32. The third-order valence-corrected chi connectivity index (χ3v) is 8.48. The number of aliphatic hydroxyl groups excluding tert-OH is 1. The van der Waals surface area contributed by atoms with Gasteiger partial charge in [-0.05, 0) is 82.1 Å². The van der Waals surface area contributed by atoms with Gasteiger partial charge in [0, 0.05) is 31.0 Å². The fraction of sp³-hybridized carbons (Fsp3) is 0.800. The number of hydrogen-bond acceptors (Lipinski definition) is 5. The molecule has 4 fully saturated rings. The van der Waals surface area contributed by atoms with Crippen molar-refractivity contribution in [2.24, 2.45) is 23.2 Å². The predicted molar refractivity (Wildman–Crippen MR) is 137 cm³/mol. The zero-order valence-electron chi connectivity index (χ0n) is 22.3. The number of halogens is 1. The van der Waals surface area contributed by atoms with E-state index in [4.69, 9.17) is 18.9 Å². The molecule has 0 aromatic carbocycles. The van der Waals surface area contributed by atoms with Gasteiger partial charge in [0.05, 0.1) is 18.8 Å². The average Bonchev–Trinajstić information content (AvgIpc) is 3.44. The number of hydrogen-bond donors (Lipinski definition) is 1. The van der Waals surface area contributed by atoms with Crippen LogP contribution >= 0.6 is 0 Å². The molecule has 4 aliphatic rings. The van der Waals surface area contributed by atoms with Crippen LogP contribution in [0.1, 0.15) is 85.0 Å². The lowest BCUT2D eigenvalue weighted by Crippen LogP contribution is -2.36. The van der Waals surface area contributed by atoms with E-state index in [1.807, 2.05) is 6.92 Å². The summed E-state index contributed by atoms with van der Waals surface area (Å²) >= 11 is 0. The molecule has 0 aromatic heterocycles. The SMILES string of the molecule is CC#CCC(C)(C)[C@@H](/C=C\[C@@H]1[C@H]2CC(=C(F)CO)C[C@H]2C[C@H]1OC1CCCCO1)OC1CCCCO1. The number of aliphatic hydroxyl groups is 1. The van der Waals surface area contributed by atoms with Gasteiger partial charge in [0.15, 0.2) is 12.6 Å². The molecule has 2 saturated carbocycles. The maximum atomic E-state index is 14.3. The van der Waals surface area contributed by atoms with Crippen molar-refractivity contribution in [2.45, 2.75) is 110 Å². The molecule has 0 aromatic rings. The summed E-state index contributed by atoms with van der Waals surface area (Å²) in [5.41, 5.74) is 0.588. The summed E-state index contributed by atoms with van der Waals surface area (Å²) in [7, 11) is 0. The van der Waals surface area contributed by atoms with Gasteiger partial charge in [-0.1, -0.05) is 26.0 Å². The molecule has 1 N–H and O–H groups in total. The van der Waals surface area contributed by atoms with Crippen LogP contribution in [0, 0.1) is 35.0 Å². The Morgan fingerprint density at radius 1 is 1.14 bits per heavy atom. The average molecular weight is 505 g/mol. The Morgan fingerprint density at radius 3 is 2.50 bits per heavy atom. The van der Waals surface area contributed by atoms with Crippen LogP contribution in [0.15, 0.2) is 23.6 Å². The first-order chi connectivity index (χ1) is 17.4. The third kappa shape index (κ3) is 6.99. The van der Waals surface area contributed by atoms with Gasteiger partial charge in [0.25, 0.3) is 0 Å². The molecule has 36 heavy (non-hydrogen) atoms. The van der Waals surface area contributed by atoms with Crippen LogP contribution in [0.5, 0.6) is 0 Å². The van der Waals surface area contributed by atoms with E-state index in [1.54, 1.807) is 0 Å². The molecule has 2 heterocycles. The van der Waals surface area contributed by atoms with E-state index in [0.29, 0.717) is 24.7 Å². The quantitative estimate of drug-likeness (QED) is 0.305. The molecule has 7 atom stereocenters. The van der Waals surface area contributed by atoms with Crippen LogP contribution in [-0.4, -0.2) is 49.7 Å². The first kappa shape index (κ1) is 27.8. The number of allylic oxidation sites excluding steroid dienone is 1. The zero-order valence-corrected chi connectivity index (χ0v) is 22.3. The lowest BCUT2D eigenvalue weighted by atomic mass is 9.81. The van der Waals surface area contributed by atoms with Crippen molar-refractivity contribution in [3.63, 3.8) is 0 Å². The molecular weight excluding hydrogens is 459 g/mol. The van der Waals surface area contributed by atoms with Crippen molar-refractivity contribution in [3.8, 4) is 11.8 Å². The van der Waals surface area contributed by atoms with Gasteiger partial charge in [0.2, 0.25) is 0 Å². The minimum absolute atomic E-state index is 0.0446. The van der Waals surface area contributed by atoms with Crippen molar-refractivity contribution in [1.82, 2.24) is 0 Å². The van der Waals surface area contributed by atoms with Crippen molar-refractivity contribution >= 4 is 0 Å². The van der Waals surface area contributed by atoms with Crippen LogP contribution in [0.3, 0.4) is 0 Å². The highest BCUT2D eigenvalue weighted by atomic mass is 19.1. The molecule has 0 bridgehead atoms. The number of rotatable bonds is 9. The molecule has 2 aliphatic heterocycles. The summed E-state index contributed by atoms with van der Waals surface area (Å²) in [5, 5.41) is 9.36. The van der Waals surface area contributed by atoms with E-state index in [2.05, 4.69) is 37.8 Å². The summed E-state index contributed by atoms with van der Waals surface area (Å²) in [5.74, 6) is 6.73. The number of fused-ring (bicyclic) bond motifs is 1. The highest BCUT2D eigenvalue weighted by molar-refractivity contribution is 5.21. The molecule has 2 aliphatic carbocycles. The highest BCUT2D eigenvalue weighted by Crippen LogP contribution is 2.52. The van der Waals surface area contributed by atoms with Gasteiger partial charge in [-0.15, -0.1) is 11.8 Å².